The molecule has 1 aromatic carbocycles. The molecule has 3 rings (SSSR count). The van der Waals surface area contributed by atoms with E-state index < -0.39 is 43.0 Å². The lowest BCUT2D eigenvalue weighted by Crippen LogP contribution is -2.34. The molecular weight excluding hydrogens is 311 g/mol. The molecule has 1 saturated heterocycles. The van der Waals surface area contributed by atoms with Crippen molar-refractivity contribution < 1.29 is 27.9 Å². The van der Waals surface area contributed by atoms with Crippen LogP contribution in [0.15, 0.2) is 18.2 Å². The van der Waals surface area contributed by atoms with Gasteiger partial charge in [-0.2, -0.15) is 13.2 Å². The SMILES string of the molecule is O=C(O)[C@@H]1CN(C(=O)c2cccc3c2CCC3)C[C@H]1C(F)(F)F. The van der Waals surface area contributed by atoms with Crippen LogP contribution < -0.4 is 0 Å². The van der Waals surface area contributed by atoms with E-state index in [9.17, 15) is 22.8 Å². The summed E-state index contributed by atoms with van der Waals surface area (Å²) in [4.78, 5) is 24.8. The van der Waals surface area contributed by atoms with Gasteiger partial charge in [-0.25, -0.2) is 0 Å². The zero-order valence-electron chi connectivity index (χ0n) is 12.3. The van der Waals surface area contributed by atoms with Gasteiger partial charge in [0.25, 0.3) is 5.91 Å². The number of hydrogen-bond acceptors (Lipinski definition) is 2. The molecule has 0 aromatic heterocycles. The van der Waals surface area contributed by atoms with Crippen molar-refractivity contribution in [2.24, 2.45) is 11.8 Å². The standard InChI is InChI=1S/C16H16F3NO3/c17-16(18,19)13-8-20(7-12(13)15(22)23)14(21)11-6-2-4-9-3-1-5-10(9)11/h2,4,6,12-13H,1,3,5,7-8H2,(H,22,23)/t12-,13-/m1/s1. The second kappa shape index (κ2) is 5.54. The van der Waals surface area contributed by atoms with Gasteiger partial charge in [0.05, 0.1) is 11.8 Å². The molecule has 0 unspecified atom stereocenters. The number of benzene rings is 1. The van der Waals surface area contributed by atoms with E-state index in [0.29, 0.717) is 5.56 Å². The maximum absolute atomic E-state index is 13.0. The van der Waals surface area contributed by atoms with Gasteiger partial charge in [-0.15, -0.1) is 0 Å². The highest BCUT2D eigenvalue weighted by molar-refractivity contribution is 5.96. The maximum atomic E-state index is 13.0. The molecule has 0 radical (unpaired) electrons. The number of carbonyl (C=O) groups is 2. The summed E-state index contributed by atoms with van der Waals surface area (Å²) in [5.74, 6) is -5.63. The molecule has 2 aliphatic rings. The molecule has 2 atom stereocenters. The number of carboxylic acids is 1. The van der Waals surface area contributed by atoms with Gasteiger partial charge in [0, 0.05) is 18.7 Å². The molecule has 124 valence electrons. The lowest BCUT2D eigenvalue weighted by atomic mass is 9.96. The topological polar surface area (TPSA) is 57.6 Å². The van der Waals surface area contributed by atoms with E-state index in [-0.39, 0.29) is 0 Å². The minimum absolute atomic E-state index is 0.401. The number of hydrogen-bond donors (Lipinski definition) is 1. The molecule has 1 amide bonds. The number of alkyl halides is 3. The summed E-state index contributed by atoms with van der Waals surface area (Å²) in [5.41, 5.74) is 2.35. The number of carboxylic acid groups (broad SMARTS) is 1. The first-order valence-electron chi connectivity index (χ1n) is 7.48. The van der Waals surface area contributed by atoms with Crippen molar-refractivity contribution in [1.82, 2.24) is 4.90 Å². The van der Waals surface area contributed by atoms with Gasteiger partial charge in [-0.05, 0) is 36.5 Å². The Kier molecular flexibility index (Phi) is 3.82. The predicted octanol–water partition coefficient (Wildman–Crippen LogP) is 2.51. The molecule has 4 nitrogen and oxygen atoms in total. The third kappa shape index (κ3) is 2.80. The lowest BCUT2D eigenvalue weighted by molar-refractivity contribution is -0.187. The van der Waals surface area contributed by atoms with Crippen molar-refractivity contribution in [2.75, 3.05) is 13.1 Å². The summed E-state index contributed by atoms with van der Waals surface area (Å²) in [5, 5.41) is 9.03. The van der Waals surface area contributed by atoms with Gasteiger partial charge >= 0.3 is 12.1 Å². The van der Waals surface area contributed by atoms with E-state index >= 15 is 0 Å². The number of rotatable bonds is 2. The molecule has 23 heavy (non-hydrogen) atoms. The quantitative estimate of drug-likeness (QED) is 0.908. The second-order valence-electron chi connectivity index (χ2n) is 6.10. The fourth-order valence-corrected chi connectivity index (χ4v) is 3.54. The molecule has 1 aliphatic carbocycles. The Morgan fingerprint density at radius 1 is 1.17 bits per heavy atom. The van der Waals surface area contributed by atoms with Crippen molar-refractivity contribution in [3.8, 4) is 0 Å². The Morgan fingerprint density at radius 2 is 1.91 bits per heavy atom. The predicted molar refractivity (Wildman–Crippen MR) is 75.0 cm³/mol. The van der Waals surface area contributed by atoms with Crippen molar-refractivity contribution in [2.45, 2.75) is 25.4 Å². The molecule has 1 aromatic rings. The zero-order valence-corrected chi connectivity index (χ0v) is 12.3. The number of fused-ring (bicyclic) bond motifs is 1. The van der Waals surface area contributed by atoms with Crippen LogP contribution in [0, 0.1) is 11.8 Å². The van der Waals surface area contributed by atoms with Crippen LogP contribution in [0.2, 0.25) is 0 Å². The van der Waals surface area contributed by atoms with Gasteiger partial charge in [0.15, 0.2) is 0 Å². The van der Waals surface area contributed by atoms with Crippen LogP contribution >= 0.6 is 0 Å². The van der Waals surface area contributed by atoms with Crippen LogP contribution in [0.3, 0.4) is 0 Å². The minimum atomic E-state index is -4.63. The van der Waals surface area contributed by atoms with Gasteiger partial charge in [-0.3, -0.25) is 9.59 Å². The Morgan fingerprint density at radius 3 is 2.52 bits per heavy atom. The van der Waals surface area contributed by atoms with Crippen LogP contribution in [-0.4, -0.2) is 41.1 Å². The van der Waals surface area contributed by atoms with E-state index in [2.05, 4.69) is 0 Å². The molecule has 1 N–H and O–H groups in total. The maximum Gasteiger partial charge on any atom is 0.394 e. The number of carbonyl (C=O) groups excluding carboxylic acids is 1. The first-order valence-corrected chi connectivity index (χ1v) is 7.48. The number of halogens is 3. The second-order valence-corrected chi connectivity index (χ2v) is 6.10. The van der Waals surface area contributed by atoms with E-state index in [1.54, 1.807) is 12.1 Å². The molecule has 1 aliphatic heterocycles. The molecule has 0 saturated carbocycles. The van der Waals surface area contributed by atoms with Gasteiger partial charge in [-0.1, -0.05) is 12.1 Å². The highest BCUT2D eigenvalue weighted by Gasteiger charge is 2.53. The van der Waals surface area contributed by atoms with Crippen LogP contribution in [0.5, 0.6) is 0 Å². The van der Waals surface area contributed by atoms with E-state index in [4.69, 9.17) is 5.11 Å². The fraction of sp³-hybridized carbons (Fsp3) is 0.500. The Labute approximate surface area is 130 Å². The highest BCUT2D eigenvalue weighted by atomic mass is 19.4. The summed E-state index contributed by atoms with van der Waals surface area (Å²) in [7, 11) is 0. The Balaban J connectivity index is 1.87. The first-order chi connectivity index (χ1) is 10.8. The Hall–Kier alpha value is -2.05. The molecular formula is C16H16F3NO3. The highest BCUT2D eigenvalue weighted by Crippen LogP contribution is 2.38. The molecule has 0 spiro atoms. The lowest BCUT2D eigenvalue weighted by Gasteiger charge is -2.19. The summed E-state index contributed by atoms with van der Waals surface area (Å²) >= 11 is 0. The van der Waals surface area contributed by atoms with Crippen molar-refractivity contribution in [1.29, 1.82) is 0 Å². The van der Waals surface area contributed by atoms with Crippen LogP contribution in [0.25, 0.3) is 0 Å². The smallest absolute Gasteiger partial charge is 0.394 e. The number of likely N-dealkylation sites (tertiary alicyclic amines) is 1. The number of aryl methyl sites for hydroxylation is 1. The summed E-state index contributed by atoms with van der Waals surface area (Å²) < 4.78 is 39.1. The van der Waals surface area contributed by atoms with Gasteiger partial charge in [0.1, 0.15) is 0 Å². The van der Waals surface area contributed by atoms with Crippen LogP contribution in [-0.2, 0) is 17.6 Å². The van der Waals surface area contributed by atoms with Gasteiger partial charge < -0.3 is 10.0 Å². The van der Waals surface area contributed by atoms with Crippen molar-refractivity contribution in [3.63, 3.8) is 0 Å². The fourth-order valence-electron chi connectivity index (χ4n) is 3.54. The number of aliphatic carboxylic acids is 1. The van der Waals surface area contributed by atoms with E-state index in [0.717, 1.165) is 35.3 Å². The summed E-state index contributed by atoms with van der Waals surface area (Å²) in [6.07, 6.45) is -2.12. The number of amides is 1. The summed E-state index contributed by atoms with van der Waals surface area (Å²) in [6.45, 7) is -0.995. The summed E-state index contributed by atoms with van der Waals surface area (Å²) in [6, 6.07) is 5.26. The largest absolute Gasteiger partial charge is 0.481 e. The first kappa shape index (κ1) is 15.8. The average Bonchev–Trinajstić information content (AvgIpc) is 3.12. The van der Waals surface area contributed by atoms with E-state index in [1.165, 1.54) is 0 Å². The monoisotopic (exact) mass is 327 g/mol. The third-order valence-corrected chi connectivity index (χ3v) is 4.72. The number of nitrogens with zero attached hydrogens (tertiary/aromatic N) is 1. The third-order valence-electron chi connectivity index (χ3n) is 4.72. The minimum Gasteiger partial charge on any atom is -0.481 e. The molecule has 7 heteroatoms. The molecule has 1 heterocycles. The van der Waals surface area contributed by atoms with Crippen LogP contribution in [0.1, 0.15) is 27.9 Å². The molecule has 0 bridgehead atoms. The molecule has 1 fully saturated rings. The van der Waals surface area contributed by atoms with Crippen LogP contribution in [0.4, 0.5) is 13.2 Å². The van der Waals surface area contributed by atoms with E-state index in [1.807, 2.05) is 6.07 Å². The van der Waals surface area contributed by atoms with Crippen molar-refractivity contribution >= 4 is 11.9 Å². The zero-order chi connectivity index (χ0) is 16.8. The van der Waals surface area contributed by atoms with Gasteiger partial charge in [0.2, 0.25) is 0 Å². The average molecular weight is 327 g/mol. The van der Waals surface area contributed by atoms with Crippen molar-refractivity contribution in [3.05, 3.63) is 34.9 Å². The Bertz CT molecular complexity index is 656. The normalized spacial score (nSPS) is 23.9.